The zero-order valence-corrected chi connectivity index (χ0v) is 3.92. The molecule has 4 nitrogen and oxygen atoms in total. The normalized spacial score (nSPS) is 9.29. The number of azo groups is 1. The van der Waals surface area contributed by atoms with Gasteiger partial charge in [0.2, 0.25) is 0 Å². The molecule has 5 heteroatoms. The second-order valence-corrected chi connectivity index (χ2v) is 0.897. The lowest BCUT2D eigenvalue weighted by Crippen LogP contribution is -1.68. The number of hydrogen-bond acceptors (Lipinski definition) is 2. The van der Waals surface area contributed by atoms with Crippen LogP contribution in [-0.4, -0.2) is 11.8 Å². The largest absolute Gasteiger partial charge is 0.358 e. The summed E-state index contributed by atoms with van der Waals surface area (Å²) < 4.78 is 0. The van der Waals surface area contributed by atoms with E-state index in [-0.39, 0.29) is 6.41 Å². The van der Waals surface area contributed by atoms with Gasteiger partial charge in [-0.25, -0.2) is 0 Å². The van der Waals surface area contributed by atoms with Crippen molar-refractivity contribution in [1.29, 1.82) is 0 Å². The summed E-state index contributed by atoms with van der Waals surface area (Å²) in [5.74, 6) is 0. The zero-order valence-electron chi connectivity index (χ0n) is 3.17. The van der Waals surface area contributed by atoms with E-state index < -0.39 is 5.37 Å². The Kier molecular flexibility index (Phi) is 3.04. The van der Waals surface area contributed by atoms with Crippen molar-refractivity contribution in [3.05, 3.63) is 0 Å². The van der Waals surface area contributed by atoms with Crippen molar-refractivity contribution in [3.63, 3.8) is 0 Å². The van der Waals surface area contributed by atoms with E-state index >= 15 is 0 Å². The lowest BCUT2D eigenvalue weighted by Gasteiger charge is -1.64. The topological polar surface area (TPSA) is 58.9 Å². The molecule has 0 radical (unpaired) electrons. The number of carbonyl (C=O) groups is 2. The van der Waals surface area contributed by atoms with Gasteiger partial charge in [-0.1, -0.05) is 5.11 Å². The van der Waals surface area contributed by atoms with Crippen molar-refractivity contribution < 1.29 is 9.59 Å². The van der Waals surface area contributed by atoms with Gasteiger partial charge in [0.05, 0.1) is 0 Å². The highest BCUT2D eigenvalue weighted by molar-refractivity contribution is 6.63. The second kappa shape index (κ2) is 3.42. The van der Waals surface area contributed by atoms with Gasteiger partial charge in [-0.2, -0.15) is 0 Å². The van der Waals surface area contributed by atoms with Gasteiger partial charge in [-0.05, 0) is 11.6 Å². The van der Waals surface area contributed by atoms with E-state index in [1.807, 2.05) is 0 Å². The Morgan fingerprint density at radius 2 is 2.29 bits per heavy atom. The number of halogens is 1. The summed E-state index contributed by atoms with van der Waals surface area (Å²) in [7, 11) is 0. The maximum absolute atomic E-state index is 9.55. The van der Waals surface area contributed by atoms with Gasteiger partial charge in [-0.3, -0.25) is 9.59 Å². The Morgan fingerprint density at radius 1 is 1.71 bits per heavy atom. The summed E-state index contributed by atoms with van der Waals surface area (Å²) in [6.07, 6.45) is 0.125. The van der Waals surface area contributed by atoms with Gasteiger partial charge in [0.15, 0.2) is 0 Å². The Hall–Kier alpha value is -0.770. The molecule has 0 N–H and O–H groups in total. The smallest absolute Gasteiger partial charge is 0.275 e. The van der Waals surface area contributed by atoms with E-state index in [0.29, 0.717) is 0 Å². The number of amides is 2. The van der Waals surface area contributed by atoms with Gasteiger partial charge in [-0.15, -0.1) is 5.11 Å². The monoisotopic (exact) mass is 120 g/mol. The third-order valence-electron chi connectivity index (χ3n) is 0.183. The summed E-state index contributed by atoms with van der Waals surface area (Å²) in [6, 6.07) is 0. The molecule has 0 saturated carbocycles. The summed E-state index contributed by atoms with van der Waals surface area (Å²) >= 11 is 4.60. The van der Waals surface area contributed by atoms with Crippen LogP contribution < -0.4 is 0 Å². The van der Waals surface area contributed by atoms with E-state index in [4.69, 9.17) is 0 Å². The van der Waals surface area contributed by atoms with Gasteiger partial charge in [0.1, 0.15) is 0 Å². The molecule has 0 aliphatic heterocycles. The van der Waals surface area contributed by atoms with E-state index in [1.165, 1.54) is 0 Å². The fraction of sp³-hybridized carbons (Fsp3) is 0. The Balaban J connectivity index is 3.46. The molecule has 0 aromatic carbocycles. The first-order valence-corrected chi connectivity index (χ1v) is 1.69. The van der Waals surface area contributed by atoms with Crippen LogP contribution in [0.3, 0.4) is 0 Å². The first-order valence-electron chi connectivity index (χ1n) is 1.31. The standard InChI is InChI=1S/C2HClN2O2/c3-2(7)5-4-1-6/h1H. The molecule has 0 atom stereocenters. The molecule has 0 bridgehead atoms. The minimum absolute atomic E-state index is 0.125. The van der Waals surface area contributed by atoms with Gasteiger partial charge >= 0.3 is 5.37 Å². The van der Waals surface area contributed by atoms with E-state index in [0.717, 1.165) is 0 Å². The highest BCUT2D eigenvalue weighted by atomic mass is 35.5. The van der Waals surface area contributed by atoms with Crippen molar-refractivity contribution >= 4 is 23.4 Å². The summed E-state index contributed by atoms with van der Waals surface area (Å²) in [6.45, 7) is 0. The van der Waals surface area contributed by atoms with Crippen molar-refractivity contribution in [2.75, 3.05) is 0 Å². The quantitative estimate of drug-likeness (QED) is 0.224. The molecule has 0 aromatic rings. The summed E-state index contributed by atoms with van der Waals surface area (Å²) in [5.41, 5.74) is 0. The molecule has 0 aliphatic carbocycles. The van der Waals surface area contributed by atoms with Crippen molar-refractivity contribution in [1.82, 2.24) is 0 Å². The predicted molar refractivity (Wildman–Crippen MR) is 22.2 cm³/mol. The average molecular weight is 120 g/mol. The predicted octanol–water partition coefficient (Wildman–Crippen LogP) is 0.954. The van der Waals surface area contributed by atoms with E-state index in [9.17, 15) is 9.59 Å². The molecule has 38 valence electrons. The highest BCUT2D eigenvalue weighted by Crippen LogP contribution is 1.83. The van der Waals surface area contributed by atoms with Crippen LogP contribution >= 0.6 is 11.6 Å². The fourth-order valence-corrected chi connectivity index (χ4v) is 0.113. The maximum Gasteiger partial charge on any atom is 0.358 e. The molecule has 7 heavy (non-hydrogen) atoms. The molecule has 0 aromatic heterocycles. The lowest BCUT2D eigenvalue weighted by molar-refractivity contribution is -0.107. The van der Waals surface area contributed by atoms with Crippen LogP contribution in [0.5, 0.6) is 0 Å². The second-order valence-electron chi connectivity index (χ2n) is 0.574. The van der Waals surface area contributed by atoms with Crippen LogP contribution in [0.4, 0.5) is 4.79 Å². The molecule has 0 heterocycles. The molecule has 0 spiro atoms. The molecular formula is C2HClN2O2. The number of hydrogen-bond donors (Lipinski definition) is 0. The van der Waals surface area contributed by atoms with E-state index in [1.54, 1.807) is 0 Å². The first-order chi connectivity index (χ1) is 3.27. The van der Waals surface area contributed by atoms with Gasteiger partial charge in [0.25, 0.3) is 6.41 Å². The molecular weight excluding hydrogens is 119 g/mol. The maximum atomic E-state index is 9.55. The van der Waals surface area contributed by atoms with Crippen molar-refractivity contribution in [3.8, 4) is 0 Å². The number of rotatable bonds is 1. The molecule has 2 amide bonds. The minimum atomic E-state index is -0.993. The third-order valence-corrected chi connectivity index (χ3v) is 0.259. The van der Waals surface area contributed by atoms with Crippen LogP contribution in [-0.2, 0) is 4.79 Å². The van der Waals surface area contributed by atoms with Crippen LogP contribution in [0.1, 0.15) is 0 Å². The van der Waals surface area contributed by atoms with E-state index in [2.05, 4.69) is 21.8 Å². The van der Waals surface area contributed by atoms with Crippen LogP contribution in [0.2, 0.25) is 0 Å². The molecule has 0 unspecified atom stereocenters. The Bertz CT molecular complexity index is 110. The van der Waals surface area contributed by atoms with Crippen LogP contribution in [0.25, 0.3) is 0 Å². The minimum Gasteiger partial charge on any atom is -0.275 e. The molecule has 0 rings (SSSR count). The van der Waals surface area contributed by atoms with Gasteiger partial charge < -0.3 is 0 Å². The molecule has 0 fully saturated rings. The molecule has 0 aliphatic rings. The van der Waals surface area contributed by atoms with Crippen LogP contribution in [0.15, 0.2) is 10.2 Å². The third kappa shape index (κ3) is 5.23. The molecule has 0 saturated heterocycles. The summed E-state index contributed by atoms with van der Waals surface area (Å²) in [5, 5.41) is 4.27. The number of carbonyl (C=O) groups excluding carboxylic acids is 2. The number of nitrogens with zero attached hydrogens (tertiary/aromatic N) is 2. The van der Waals surface area contributed by atoms with Crippen molar-refractivity contribution in [2.24, 2.45) is 10.2 Å². The average Bonchev–Trinajstić information content (AvgIpc) is 1.61. The van der Waals surface area contributed by atoms with Crippen molar-refractivity contribution in [2.45, 2.75) is 0 Å². The summed E-state index contributed by atoms with van der Waals surface area (Å²) in [4.78, 5) is 18.8. The van der Waals surface area contributed by atoms with Gasteiger partial charge in [0, 0.05) is 0 Å². The Morgan fingerprint density at radius 3 is 2.43 bits per heavy atom. The lowest BCUT2D eigenvalue weighted by atomic mass is 11.4. The zero-order chi connectivity index (χ0) is 5.70. The fourth-order valence-electron chi connectivity index (χ4n) is 0.0690. The van der Waals surface area contributed by atoms with Crippen LogP contribution in [0, 0.1) is 0 Å². The first kappa shape index (κ1) is 6.23. The SMILES string of the molecule is O=CN=NC(=O)Cl. The highest BCUT2D eigenvalue weighted by Gasteiger charge is 1.82. The Labute approximate surface area is 44.2 Å².